The highest BCUT2D eigenvalue weighted by Gasteiger charge is 2.18. The molecule has 8 heteroatoms. The van der Waals surface area contributed by atoms with E-state index in [0.717, 1.165) is 0 Å². The van der Waals surface area contributed by atoms with E-state index in [0.29, 0.717) is 39.4 Å². The number of fused-ring (bicyclic) bond motifs is 1. The van der Waals surface area contributed by atoms with E-state index in [1.807, 2.05) is 0 Å². The number of carbonyl (C=O) groups is 1. The van der Waals surface area contributed by atoms with Crippen molar-refractivity contribution in [2.75, 3.05) is 26.6 Å². The Hall–Kier alpha value is -4.33. The third-order valence-corrected chi connectivity index (χ3v) is 4.98. The molecule has 1 heterocycles. The van der Waals surface area contributed by atoms with Gasteiger partial charge in [0.1, 0.15) is 5.75 Å². The van der Waals surface area contributed by atoms with Gasteiger partial charge in [-0.25, -0.2) is 0 Å². The van der Waals surface area contributed by atoms with Crippen LogP contribution in [0.3, 0.4) is 0 Å². The molecule has 0 fully saturated rings. The van der Waals surface area contributed by atoms with Crippen LogP contribution in [0.5, 0.6) is 17.2 Å². The molecule has 0 radical (unpaired) electrons. The molecule has 0 bridgehead atoms. The normalized spacial score (nSPS) is 10.6. The van der Waals surface area contributed by atoms with Crippen molar-refractivity contribution in [3.63, 3.8) is 0 Å². The van der Waals surface area contributed by atoms with Crippen LogP contribution < -0.4 is 25.1 Å². The zero-order valence-corrected chi connectivity index (χ0v) is 17.8. The molecular weight excluding hydrogens is 410 g/mol. The fourth-order valence-corrected chi connectivity index (χ4v) is 3.36. The van der Waals surface area contributed by atoms with Crippen LogP contribution in [-0.2, 0) is 0 Å². The monoisotopic (exact) mass is 431 g/mol. The molecule has 1 N–H and O–H groups in total. The predicted octanol–water partition coefficient (Wildman–Crippen LogP) is 3.66. The van der Waals surface area contributed by atoms with Gasteiger partial charge in [-0.3, -0.25) is 9.59 Å². The molecule has 0 spiro atoms. The maximum Gasteiger partial charge on any atom is 0.279 e. The highest BCUT2D eigenvalue weighted by atomic mass is 16.5. The number of methoxy groups -OCH3 is 3. The molecule has 1 amide bonds. The minimum Gasteiger partial charge on any atom is -0.497 e. The molecule has 32 heavy (non-hydrogen) atoms. The molecule has 4 rings (SSSR count). The average Bonchev–Trinajstić information content (AvgIpc) is 2.84. The largest absolute Gasteiger partial charge is 0.497 e. The lowest BCUT2D eigenvalue weighted by molar-refractivity contribution is 0.102. The van der Waals surface area contributed by atoms with Crippen LogP contribution in [0.25, 0.3) is 16.5 Å². The Labute approximate surface area is 184 Å². The van der Waals surface area contributed by atoms with Crippen molar-refractivity contribution in [1.82, 2.24) is 9.78 Å². The van der Waals surface area contributed by atoms with Gasteiger partial charge in [-0.2, -0.15) is 9.78 Å². The number of nitrogens with zero attached hydrogens (tertiary/aromatic N) is 2. The molecule has 0 saturated heterocycles. The molecule has 3 aromatic carbocycles. The van der Waals surface area contributed by atoms with Crippen LogP contribution in [0, 0.1) is 0 Å². The number of anilines is 1. The molecular formula is C24H21N3O5. The third-order valence-electron chi connectivity index (χ3n) is 4.98. The zero-order valence-electron chi connectivity index (χ0n) is 17.8. The van der Waals surface area contributed by atoms with Gasteiger partial charge in [-0.15, -0.1) is 0 Å². The minimum absolute atomic E-state index is 0.116. The second kappa shape index (κ2) is 8.81. The maximum atomic E-state index is 13.2. The molecule has 8 nitrogen and oxygen atoms in total. The van der Waals surface area contributed by atoms with Crippen molar-refractivity contribution < 1.29 is 19.0 Å². The summed E-state index contributed by atoms with van der Waals surface area (Å²) in [6.45, 7) is 0. The summed E-state index contributed by atoms with van der Waals surface area (Å²) < 4.78 is 16.9. The fraction of sp³-hybridized carbons (Fsp3) is 0.125. The Balaban J connectivity index is 1.80. The SMILES string of the molecule is COc1ccc(-n2nc(C(=O)Nc3ccc(OC)c(OC)c3)c3ccccc3c2=O)cc1. The maximum absolute atomic E-state index is 13.2. The van der Waals surface area contributed by atoms with E-state index in [2.05, 4.69) is 10.4 Å². The number of hydrogen-bond acceptors (Lipinski definition) is 6. The van der Waals surface area contributed by atoms with Crippen LogP contribution in [0.1, 0.15) is 10.5 Å². The first kappa shape index (κ1) is 20.9. The summed E-state index contributed by atoms with van der Waals surface area (Å²) in [7, 11) is 4.61. The number of rotatable bonds is 6. The summed E-state index contributed by atoms with van der Waals surface area (Å²) in [5.41, 5.74) is 0.807. The number of carbonyl (C=O) groups excluding carboxylic acids is 1. The van der Waals surface area contributed by atoms with Crippen molar-refractivity contribution in [1.29, 1.82) is 0 Å². The third kappa shape index (κ3) is 3.85. The van der Waals surface area contributed by atoms with Gasteiger partial charge >= 0.3 is 0 Å². The Morgan fingerprint density at radius 1 is 0.844 bits per heavy atom. The zero-order chi connectivity index (χ0) is 22.7. The number of amides is 1. The van der Waals surface area contributed by atoms with Gasteiger partial charge in [0.2, 0.25) is 0 Å². The molecule has 162 valence electrons. The van der Waals surface area contributed by atoms with Gasteiger partial charge in [-0.1, -0.05) is 18.2 Å². The van der Waals surface area contributed by atoms with Crippen LogP contribution in [0.2, 0.25) is 0 Å². The van der Waals surface area contributed by atoms with Crippen molar-refractivity contribution in [3.05, 3.63) is 82.8 Å². The lowest BCUT2D eigenvalue weighted by Gasteiger charge is -2.13. The van der Waals surface area contributed by atoms with E-state index < -0.39 is 5.91 Å². The van der Waals surface area contributed by atoms with Crippen LogP contribution in [0.4, 0.5) is 5.69 Å². The molecule has 0 atom stereocenters. The van der Waals surface area contributed by atoms with Gasteiger partial charge < -0.3 is 19.5 Å². The number of ether oxygens (including phenoxy) is 3. The first-order valence-electron chi connectivity index (χ1n) is 9.75. The standard InChI is InChI=1S/C24H21N3O5/c1-30-17-11-9-16(10-12-17)27-24(29)19-7-5-4-6-18(19)22(26-27)23(28)25-15-8-13-20(31-2)21(14-15)32-3/h4-14H,1-3H3,(H,25,28). The van der Waals surface area contributed by atoms with E-state index in [4.69, 9.17) is 14.2 Å². The van der Waals surface area contributed by atoms with Crippen molar-refractivity contribution >= 4 is 22.4 Å². The lowest BCUT2D eigenvalue weighted by Crippen LogP contribution is -2.26. The molecule has 1 aromatic heterocycles. The first-order chi connectivity index (χ1) is 15.5. The number of benzene rings is 3. The summed E-state index contributed by atoms with van der Waals surface area (Å²) in [5.74, 6) is 1.21. The van der Waals surface area contributed by atoms with Crippen molar-refractivity contribution in [2.45, 2.75) is 0 Å². The summed E-state index contributed by atoms with van der Waals surface area (Å²) in [5, 5.41) is 8.06. The quantitative estimate of drug-likeness (QED) is 0.501. The number of aromatic nitrogens is 2. The summed E-state index contributed by atoms with van der Waals surface area (Å²) >= 11 is 0. The van der Waals surface area contributed by atoms with Crippen molar-refractivity contribution in [2.24, 2.45) is 0 Å². The highest BCUT2D eigenvalue weighted by molar-refractivity contribution is 6.11. The first-order valence-corrected chi connectivity index (χ1v) is 9.75. The predicted molar refractivity (Wildman–Crippen MR) is 121 cm³/mol. The summed E-state index contributed by atoms with van der Waals surface area (Å²) in [6, 6.07) is 18.8. The summed E-state index contributed by atoms with van der Waals surface area (Å²) in [6.07, 6.45) is 0. The highest BCUT2D eigenvalue weighted by Crippen LogP contribution is 2.30. The van der Waals surface area contributed by atoms with E-state index >= 15 is 0 Å². The second-order valence-electron chi connectivity index (χ2n) is 6.83. The number of nitrogens with one attached hydrogen (secondary N) is 1. The average molecular weight is 431 g/mol. The van der Waals surface area contributed by atoms with Crippen LogP contribution in [0.15, 0.2) is 71.5 Å². The Morgan fingerprint density at radius 3 is 2.19 bits per heavy atom. The lowest BCUT2D eigenvalue weighted by atomic mass is 10.1. The van der Waals surface area contributed by atoms with E-state index in [-0.39, 0.29) is 11.3 Å². The Morgan fingerprint density at radius 2 is 1.53 bits per heavy atom. The summed E-state index contributed by atoms with van der Waals surface area (Å²) in [4.78, 5) is 26.3. The number of hydrogen-bond donors (Lipinski definition) is 1. The molecule has 0 unspecified atom stereocenters. The fourth-order valence-electron chi connectivity index (χ4n) is 3.36. The van der Waals surface area contributed by atoms with Gasteiger partial charge in [-0.05, 0) is 42.5 Å². The van der Waals surface area contributed by atoms with Gasteiger partial charge in [0.15, 0.2) is 17.2 Å². The minimum atomic E-state index is -0.462. The van der Waals surface area contributed by atoms with Gasteiger partial charge in [0, 0.05) is 17.1 Å². The van der Waals surface area contributed by atoms with E-state index in [1.54, 1.807) is 73.8 Å². The molecule has 0 aliphatic rings. The van der Waals surface area contributed by atoms with Crippen LogP contribution >= 0.6 is 0 Å². The molecule has 0 aliphatic carbocycles. The second-order valence-corrected chi connectivity index (χ2v) is 6.83. The Bertz CT molecular complexity index is 1350. The van der Waals surface area contributed by atoms with Crippen molar-refractivity contribution in [3.8, 4) is 22.9 Å². The van der Waals surface area contributed by atoms with Crippen LogP contribution in [-0.4, -0.2) is 37.0 Å². The van der Waals surface area contributed by atoms with E-state index in [9.17, 15) is 9.59 Å². The van der Waals surface area contributed by atoms with Gasteiger partial charge in [0.05, 0.1) is 32.4 Å². The Kier molecular flexibility index (Phi) is 5.76. The molecule has 0 aliphatic heterocycles. The smallest absolute Gasteiger partial charge is 0.279 e. The van der Waals surface area contributed by atoms with E-state index in [1.165, 1.54) is 18.9 Å². The van der Waals surface area contributed by atoms with Gasteiger partial charge in [0.25, 0.3) is 11.5 Å². The topological polar surface area (TPSA) is 91.7 Å². The molecule has 0 saturated carbocycles. The molecule has 4 aromatic rings.